The molecule has 1 aliphatic carbocycles. The van der Waals surface area contributed by atoms with E-state index >= 15 is 0 Å². The highest BCUT2D eigenvalue weighted by Crippen LogP contribution is 2.34. The second-order valence-electron chi connectivity index (χ2n) is 10.6. The lowest BCUT2D eigenvalue weighted by atomic mass is 9.84. The number of hydrogen-bond acceptors (Lipinski definition) is 9. The summed E-state index contributed by atoms with van der Waals surface area (Å²) in [6, 6.07) is 15.3. The standard InChI is InChI=1S/C28H34N10O6/c1-17(38(15-18-8-4-2-5-9-18)28(41)42-16-19-10-6-3-7-11-19)23-13-12-20(32-35-29)27(43-23)44-26-22(34-37-31)14-21(33-36-30)24(39)25(26)40/h2-11,17,20-27,39-40H,12-16H2,1H3/t17-,20+,21-,22+,23+,24+,25-,26-,27-/m1/s1. The molecular weight excluding hydrogens is 572 g/mol. The van der Waals surface area contributed by atoms with Crippen LogP contribution in [0.25, 0.3) is 31.3 Å². The summed E-state index contributed by atoms with van der Waals surface area (Å²) in [5.74, 6) is 0. The number of carbonyl (C=O) groups is 1. The summed E-state index contributed by atoms with van der Waals surface area (Å²) in [5, 5.41) is 32.4. The zero-order chi connectivity index (χ0) is 31.5. The first-order chi connectivity index (χ1) is 21.4. The van der Waals surface area contributed by atoms with Crippen molar-refractivity contribution in [1.29, 1.82) is 0 Å². The molecule has 2 fully saturated rings. The van der Waals surface area contributed by atoms with Gasteiger partial charge >= 0.3 is 6.09 Å². The van der Waals surface area contributed by atoms with Gasteiger partial charge in [0.25, 0.3) is 0 Å². The van der Waals surface area contributed by atoms with Crippen LogP contribution in [0.3, 0.4) is 0 Å². The molecule has 1 amide bonds. The number of aliphatic hydroxyl groups is 2. The van der Waals surface area contributed by atoms with Crippen LogP contribution < -0.4 is 0 Å². The normalized spacial score (nSPS) is 28.7. The molecule has 2 aromatic carbocycles. The van der Waals surface area contributed by atoms with Crippen molar-refractivity contribution < 1.29 is 29.2 Å². The number of ether oxygens (including phenoxy) is 3. The molecule has 0 radical (unpaired) electrons. The van der Waals surface area contributed by atoms with Gasteiger partial charge in [0.1, 0.15) is 12.7 Å². The molecule has 0 unspecified atom stereocenters. The van der Waals surface area contributed by atoms with Crippen LogP contribution in [0.4, 0.5) is 4.79 Å². The summed E-state index contributed by atoms with van der Waals surface area (Å²) in [6.45, 7) is 2.12. The van der Waals surface area contributed by atoms with Gasteiger partial charge in [-0.1, -0.05) is 76.0 Å². The quantitative estimate of drug-likeness (QED) is 0.196. The zero-order valence-electron chi connectivity index (χ0n) is 24.0. The Labute approximate surface area is 253 Å². The molecule has 1 aliphatic heterocycles. The monoisotopic (exact) mass is 606 g/mol. The molecule has 2 aromatic rings. The van der Waals surface area contributed by atoms with Crippen LogP contribution >= 0.6 is 0 Å². The average molecular weight is 607 g/mol. The molecule has 4 rings (SSSR count). The van der Waals surface area contributed by atoms with Gasteiger partial charge in [0.05, 0.1) is 42.5 Å². The molecule has 44 heavy (non-hydrogen) atoms. The van der Waals surface area contributed by atoms with E-state index in [4.69, 9.17) is 25.3 Å². The molecule has 0 spiro atoms. The van der Waals surface area contributed by atoms with Gasteiger partial charge in [-0.3, -0.25) is 4.90 Å². The van der Waals surface area contributed by atoms with Crippen LogP contribution in [0.2, 0.25) is 0 Å². The van der Waals surface area contributed by atoms with Gasteiger partial charge in [0.15, 0.2) is 6.29 Å². The number of carbonyl (C=O) groups excluding carboxylic acids is 1. The lowest BCUT2D eigenvalue weighted by Crippen LogP contribution is -2.58. The molecule has 232 valence electrons. The fraction of sp³-hybridized carbons (Fsp3) is 0.536. The van der Waals surface area contributed by atoms with E-state index in [0.29, 0.717) is 12.8 Å². The predicted molar refractivity (Wildman–Crippen MR) is 156 cm³/mol. The smallest absolute Gasteiger partial charge is 0.410 e. The molecule has 0 bridgehead atoms. The maximum absolute atomic E-state index is 13.5. The SMILES string of the molecule is C[C@H]([C@@H]1CC[C@H](N=[N+]=[N-])[C@@H](O[C@H]2[C@H](O)[C@@H](O)[C@H](N=[N+]=[N-])C[C@@H]2N=[N+]=[N-])O1)N(Cc1ccccc1)C(=O)OCc1ccccc1. The predicted octanol–water partition coefficient (Wildman–Crippen LogP) is 5.27. The summed E-state index contributed by atoms with van der Waals surface area (Å²) < 4.78 is 18.0. The third kappa shape index (κ3) is 8.10. The summed E-state index contributed by atoms with van der Waals surface area (Å²) in [4.78, 5) is 23.4. The van der Waals surface area contributed by atoms with Crippen LogP contribution in [0, 0.1) is 0 Å². The van der Waals surface area contributed by atoms with Gasteiger partial charge in [-0.05, 0) is 53.9 Å². The Hall–Kier alpha value is -4.52. The summed E-state index contributed by atoms with van der Waals surface area (Å²) >= 11 is 0. The van der Waals surface area contributed by atoms with Crippen LogP contribution in [-0.2, 0) is 27.4 Å². The maximum atomic E-state index is 13.5. The van der Waals surface area contributed by atoms with Crippen molar-refractivity contribution >= 4 is 6.09 Å². The number of aliphatic hydroxyl groups excluding tert-OH is 2. The largest absolute Gasteiger partial charge is 0.445 e. The summed E-state index contributed by atoms with van der Waals surface area (Å²) in [5.41, 5.74) is 28.9. The molecule has 16 nitrogen and oxygen atoms in total. The number of azide groups is 3. The van der Waals surface area contributed by atoms with Gasteiger partial charge in [-0.2, -0.15) is 0 Å². The van der Waals surface area contributed by atoms with E-state index < -0.39 is 61.0 Å². The molecular formula is C28H34N10O6. The first kappa shape index (κ1) is 32.4. The minimum absolute atomic E-state index is 0.0768. The van der Waals surface area contributed by atoms with Crippen molar-refractivity contribution in [3.63, 3.8) is 0 Å². The number of nitrogens with zero attached hydrogens (tertiary/aromatic N) is 10. The summed E-state index contributed by atoms with van der Waals surface area (Å²) in [7, 11) is 0. The van der Waals surface area contributed by atoms with Crippen molar-refractivity contribution in [2.24, 2.45) is 15.3 Å². The minimum atomic E-state index is -1.61. The van der Waals surface area contributed by atoms with E-state index in [-0.39, 0.29) is 19.6 Å². The Morgan fingerprint density at radius 3 is 2.14 bits per heavy atom. The first-order valence-corrected chi connectivity index (χ1v) is 14.2. The third-order valence-electron chi connectivity index (χ3n) is 7.87. The third-order valence-corrected chi connectivity index (χ3v) is 7.87. The van der Waals surface area contributed by atoms with Crippen LogP contribution in [-0.4, -0.2) is 76.1 Å². The molecule has 1 heterocycles. The molecule has 1 saturated heterocycles. The Morgan fingerprint density at radius 2 is 1.50 bits per heavy atom. The van der Waals surface area contributed by atoms with Gasteiger partial charge in [-0.25, -0.2) is 4.79 Å². The van der Waals surface area contributed by atoms with Gasteiger partial charge in [0, 0.05) is 21.3 Å². The highest BCUT2D eigenvalue weighted by Gasteiger charge is 2.47. The van der Waals surface area contributed by atoms with E-state index in [1.807, 2.05) is 67.6 Å². The van der Waals surface area contributed by atoms with Crippen LogP contribution in [0.1, 0.15) is 37.3 Å². The van der Waals surface area contributed by atoms with Crippen molar-refractivity contribution in [2.45, 2.75) is 94.2 Å². The number of hydrogen-bond donors (Lipinski definition) is 2. The number of amides is 1. The Balaban J connectivity index is 1.55. The molecule has 1 saturated carbocycles. The molecule has 16 heteroatoms. The highest BCUT2D eigenvalue weighted by molar-refractivity contribution is 5.68. The maximum Gasteiger partial charge on any atom is 0.410 e. The van der Waals surface area contributed by atoms with Gasteiger partial charge in [-0.15, -0.1) is 0 Å². The van der Waals surface area contributed by atoms with Crippen molar-refractivity contribution in [2.75, 3.05) is 0 Å². The average Bonchev–Trinajstić information content (AvgIpc) is 3.04. The molecule has 2 aliphatic rings. The van der Waals surface area contributed by atoms with Crippen LogP contribution in [0.15, 0.2) is 76.0 Å². The fourth-order valence-electron chi connectivity index (χ4n) is 5.47. The van der Waals surface area contributed by atoms with E-state index in [2.05, 4.69) is 30.1 Å². The highest BCUT2D eigenvalue weighted by atomic mass is 16.7. The molecule has 2 N–H and O–H groups in total. The number of benzene rings is 2. The van der Waals surface area contributed by atoms with Gasteiger partial charge < -0.3 is 24.4 Å². The van der Waals surface area contributed by atoms with E-state index in [0.717, 1.165) is 11.1 Å². The van der Waals surface area contributed by atoms with Crippen molar-refractivity contribution in [1.82, 2.24) is 4.90 Å². The lowest BCUT2D eigenvalue weighted by molar-refractivity contribution is -0.259. The second kappa shape index (κ2) is 15.8. The first-order valence-electron chi connectivity index (χ1n) is 14.2. The van der Waals surface area contributed by atoms with Crippen molar-refractivity contribution in [3.8, 4) is 0 Å². The van der Waals surface area contributed by atoms with E-state index in [1.54, 1.807) is 4.90 Å². The number of rotatable bonds is 11. The van der Waals surface area contributed by atoms with Crippen LogP contribution in [0.5, 0.6) is 0 Å². The van der Waals surface area contributed by atoms with Gasteiger partial charge in [0.2, 0.25) is 0 Å². The lowest BCUT2D eigenvalue weighted by Gasteiger charge is -2.45. The molecule has 9 atom stereocenters. The molecule has 0 aromatic heterocycles. The van der Waals surface area contributed by atoms with E-state index in [9.17, 15) is 20.5 Å². The van der Waals surface area contributed by atoms with Crippen molar-refractivity contribution in [3.05, 3.63) is 103 Å². The van der Waals surface area contributed by atoms with E-state index in [1.165, 1.54) is 0 Å². The Kier molecular flexibility index (Phi) is 11.6. The zero-order valence-corrected chi connectivity index (χ0v) is 24.0. The summed E-state index contributed by atoms with van der Waals surface area (Å²) in [6.07, 6.45) is -6.13. The minimum Gasteiger partial charge on any atom is -0.445 e. The Bertz CT molecular complexity index is 1380. The Morgan fingerprint density at radius 1 is 0.909 bits per heavy atom. The second-order valence-corrected chi connectivity index (χ2v) is 10.6. The topological polar surface area (TPSA) is 235 Å². The fourth-order valence-corrected chi connectivity index (χ4v) is 5.47.